The lowest BCUT2D eigenvalue weighted by molar-refractivity contribution is 0.102. The van der Waals surface area contributed by atoms with Gasteiger partial charge in [0.1, 0.15) is 4.83 Å². The van der Waals surface area contributed by atoms with Crippen LogP contribution in [0.15, 0.2) is 94.2 Å². The number of aromatic nitrogens is 3. The molecule has 5 nitrogen and oxygen atoms in total. The summed E-state index contributed by atoms with van der Waals surface area (Å²) < 4.78 is 3.77. The van der Waals surface area contributed by atoms with Crippen molar-refractivity contribution in [2.45, 2.75) is 39.8 Å². The van der Waals surface area contributed by atoms with Crippen LogP contribution in [-0.2, 0) is 0 Å². The first kappa shape index (κ1) is 27.9. The minimum Gasteiger partial charge on any atom is -0.318 e. The van der Waals surface area contributed by atoms with Crippen molar-refractivity contribution in [2.75, 3.05) is 5.75 Å². The number of hydrogen-bond donors (Lipinski definition) is 0. The summed E-state index contributed by atoms with van der Waals surface area (Å²) in [6.45, 7) is 10.3. The van der Waals surface area contributed by atoms with E-state index in [1.54, 1.807) is 4.57 Å². The zero-order chi connectivity index (χ0) is 29.5. The number of Topliss-reactive ketones (excluding diaryl/α,β-unsaturated/α-hetero) is 1. The van der Waals surface area contributed by atoms with E-state index in [-0.39, 0.29) is 17.1 Å². The molecule has 0 aliphatic carbocycles. The number of ketones is 1. The number of thioether (sulfide) groups is 1. The molecule has 0 spiro atoms. The highest BCUT2D eigenvalue weighted by Crippen LogP contribution is 2.33. The van der Waals surface area contributed by atoms with Gasteiger partial charge in [-0.1, -0.05) is 65.9 Å². The summed E-state index contributed by atoms with van der Waals surface area (Å²) in [4.78, 5) is 33.4. The van der Waals surface area contributed by atoms with E-state index < -0.39 is 0 Å². The van der Waals surface area contributed by atoms with Gasteiger partial charge in [0.15, 0.2) is 10.9 Å². The third-order valence-electron chi connectivity index (χ3n) is 7.77. The lowest BCUT2D eigenvalue weighted by atomic mass is 10.1. The molecule has 0 amide bonds. The standard InChI is InChI=1S/C35H31N3O2S2/c1-21-11-14-26(15-12-21)30-19-41-33-32(30)34(40)38(27-9-7-6-8-10-27)35(36-33)42-20-31(39)29-18-24(4)37(25(29)5)28-16-13-22(2)23(3)17-28/h6-19H,20H2,1-5H3. The van der Waals surface area contributed by atoms with Gasteiger partial charge < -0.3 is 4.57 Å². The fourth-order valence-electron chi connectivity index (χ4n) is 5.33. The molecule has 0 atom stereocenters. The van der Waals surface area contributed by atoms with Crippen LogP contribution >= 0.6 is 23.1 Å². The lowest BCUT2D eigenvalue weighted by Crippen LogP contribution is -2.22. The summed E-state index contributed by atoms with van der Waals surface area (Å²) in [7, 11) is 0. The van der Waals surface area contributed by atoms with Crippen molar-refractivity contribution in [3.05, 3.63) is 128 Å². The van der Waals surface area contributed by atoms with E-state index in [9.17, 15) is 9.59 Å². The van der Waals surface area contributed by atoms with Gasteiger partial charge in [-0.2, -0.15) is 0 Å². The fourth-order valence-corrected chi connectivity index (χ4v) is 7.22. The summed E-state index contributed by atoms with van der Waals surface area (Å²) in [5, 5.41) is 3.10. The number of carbonyl (C=O) groups is 1. The van der Waals surface area contributed by atoms with Gasteiger partial charge in [0.05, 0.1) is 16.8 Å². The molecule has 0 saturated heterocycles. The normalized spacial score (nSPS) is 11.4. The molecule has 0 unspecified atom stereocenters. The van der Waals surface area contributed by atoms with Crippen LogP contribution in [0.4, 0.5) is 0 Å². The first-order valence-electron chi connectivity index (χ1n) is 13.8. The summed E-state index contributed by atoms with van der Waals surface area (Å²) >= 11 is 2.76. The summed E-state index contributed by atoms with van der Waals surface area (Å²) in [6.07, 6.45) is 0. The van der Waals surface area contributed by atoms with E-state index in [4.69, 9.17) is 4.98 Å². The van der Waals surface area contributed by atoms with Gasteiger partial charge in [0, 0.05) is 33.6 Å². The Balaban J connectivity index is 1.38. The van der Waals surface area contributed by atoms with Crippen LogP contribution in [-0.4, -0.2) is 25.7 Å². The second-order valence-corrected chi connectivity index (χ2v) is 12.5. The highest BCUT2D eigenvalue weighted by atomic mass is 32.2. The molecule has 42 heavy (non-hydrogen) atoms. The first-order chi connectivity index (χ1) is 20.2. The van der Waals surface area contributed by atoms with Crippen LogP contribution in [0.2, 0.25) is 0 Å². The third kappa shape index (κ3) is 5.03. The van der Waals surface area contributed by atoms with Crippen LogP contribution in [0.5, 0.6) is 0 Å². The lowest BCUT2D eigenvalue weighted by Gasteiger charge is -2.13. The molecule has 3 aromatic carbocycles. The smallest absolute Gasteiger partial charge is 0.268 e. The minimum absolute atomic E-state index is 0.00339. The molecule has 3 aromatic heterocycles. The SMILES string of the molecule is Cc1ccc(-c2csc3nc(SCC(=O)c4cc(C)n(-c5ccc(C)c(C)c5)c4C)n(-c4ccccc4)c(=O)c23)cc1. The fraction of sp³-hybridized carbons (Fsp3) is 0.171. The molecular formula is C35H31N3O2S2. The number of aryl methyl sites for hydroxylation is 4. The van der Waals surface area contributed by atoms with E-state index in [1.165, 1.54) is 34.2 Å². The predicted molar refractivity (Wildman–Crippen MR) is 175 cm³/mol. The van der Waals surface area contributed by atoms with Crippen LogP contribution in [0.25, 0.3) is 32.7 Å². The van der Waals surface area contributed by atoms with Gasteiger partial charge in [-0.05, 0) is 81.6 Å². The van der Waals surface area contributed by atoms with Gasteiger partial charge in [-0.15, -0.1) is 11.3 Å². The Kier molecular flexibility index (Phi) is 7.47. The van der Waals surface area contributed by atoms with Crippen molar-refractivity contribution in [3.8, 4) is 22.5 Å². The maximum atomic E-state index is 14.1. The Hall–Kier alpha value is -4.20. The minimum atomic E-state index is -0.133. The average molecular weight is 590 g/mol. The number of para-hydroxylation sites is 1. The molecule has 6 rings (SSSR count). The van der Waals surface area contributed by atoms with Crippen molar-refractivity contribution >= 4 is 39.1 Å². The van der Waals surface area contributed by atoms with Gasteiger partial charge in [-0.3, -0.25) is 14.2 Å². The monoisotopic (exact) mass is 589 g/mol. The number of nitrogens with zero attached hydrogens (tertiary/aromatic N) is 3. The molecule has 7 heteroatoms. The summed E-state index contributed by atoms with van der Waals surface area (Å²) in [5.74, 6) is 0.168. The highest BCUT2D eigenvalue weighted by molar-refractivity contribution is 7.99. The van der Waals surface area contributed by atoms with Crippen LogP contribution < -0.4 is 5.56 Å². The van der Waals surface area contributed by atoms with Crippen LogP contribution in [0.1, 0.15) is 38.4 Å². The van der Waals surface area contributed by atoms with Crippen LogP contribution in [0.3, 0.4) is 0 Å². The zero-order valence-corrected chi connectivity index (χ0v) is 25.9. The molecule has 3 heterocycles. The van der Waals surface area contributed by atoms with E-state index >= 15 is 0 Å². The molecule has 0 aliphatic heterocycles. The molecule has 0 saturated carbocycles. The van der Waals surface area contributed by atoms with E-state index in [1.807, 2.05) is 74.7 Å². The molecular weight excluding hydrogens is 559 g/mol. The Morgan fingerprint density at radius 2 is 1.57 bits per heavy atom. The second kappa shape index (κ2) is 11.2. The van der Waals surface area contributed by atoms with Crippen molar-refractivity contribution in [1.29, 1.82) is 0 Å². The zero-order valence-electron chi connectivity index (χ0n) is 24.3. The number of benzene rings is 3. The molecule has 0 fully saturated rings. The molecule has 210 valence electrons. The average Bonchev–Trinajstić information content (AvgIpc) is 3.54. The number of thiophene rings is 1. The highest BCUT2D eigenvalue weighted by Gasteiger charge is 2.22. The van der Waals surface area contributed by atoms with Crippen molar-refractivity contribution < 1.29 is 4.79 Å². The second-order valence-electron chi connectivity index (χ2n) is 10.7. The molecule has 0 aliphatic rings. The Morgan fingerprint density at radius 1 is 0.833 bits per heavy atom. The topological polar surface area (TPSA) is 56.9 Å². The predicted octanol–water partition coefficient (Wildman–Crippen LogP) is 8.42. The molecule has 0 N–H and O–H groups in total. The molecule has 0 bridgehead atoms. The molecule has 6 aromatic rings. The number of hydrogen-bond acceptors (Lipinski definition) is 5. The van der Waals surface area contributed by atoms with E-state index in [0.29, 0.717) is 20.9 Å². The quantitative estimate of drug-likeness (QED) is 0.107. The summed E-state index contributed by atoms with van der Waals surface area (Å²) in [5.41, 5.74) is 9.71. The largest absolute Gasteiger partial charge is 0.318 e. The number of carbonyl (C=O) groups excluding carboxylic acids is 1. The molecule has 0 radical (unpaired) electrons. The summed E-state index contributed by atoms with van der Waals surface area (Å²) in [6, 6.07) is 26.0. The van der Waals surface area contributed by atoms with Crippen molar-refractivity contribution in [3.63, 3.8) is 0 Å². The van der Waals surface area contributed by atoms with E-state index in [2.05, 4.69) is 48.7 Å². The van der Waals surface area contributed by atoms with Crippen molar-refractivity contribution in [2.24, 2.45) is 0 Å². The Bertz CT molecular complexity index is 2020. The maximum Gasteiger partial charge on any atom is 0.268 e. The number of rotatable bonds is 7. The van der Waals surface area contributed by atoms with E-state index in [0.717, 1.165) is 39.5 Å². The van der Waals surface area contributed by atoms with Crippen molar-refractivity contribution in [1.82, 2.24) is 14.1 Å². The Labute approximate surface area is 253 Å². The van der Waals surface area contributed by atoms with Gasteiger partial charge >= 0.3 is 0 Å². The van der Waals surface area contributed by atoms with Gasteiger partial charge in [-0.25, -0.2) is 4.98 Å². The maximum absolute atomic E-state index is 14.1. The van der Waals surface area contributed by atoms with Gasteiger partial charge in [0.2, 0.25) is 0 Å². The Morgan fingerprint density at radius 3 is 2.29 bits per heavy atom. The van der Waals surface area contributed by atoms with Crippen LogP contribution in [0, 0.1) is 34.6 Å². The first-order valence-corrected chi connectivity index (χ1v) is 15.7. The number of fused-ring (bicyclic) bond motifs is 1. The third-order valence-corrected chi connectivity index (χ3v) is 9.58. The van der Waals surface area contributed by atoms with Gasteiger partial charge in [0.25, 0.3) is 5.56 Å².